The van der Waals surface area contributed by atoms with Crippen LogP contribution in [-0.2, 0) is 9.53 Å². The molecule has 3 N–H and O–H groups in total. The van der Waals surface area contributed by atoms with E-state index in [-0.39, 0.29) is 12.7 Å². The Kier molecular flexibility index (Phi) is 7.38. The van der Waals surface area contributed by atoms with E-state index in [1.54, 1.807) is 32.0 Å². The van der Waals surface area contributed by atoms with Crippen LogP contribution in [0.2, 0.25) is 0 Å². The quantitative estimate of drug-likeness (QED) is 0.427. The second kappa shape index (κ2) is 9.29. The second-order valence-corrected chi connectivity index (χ2v) is 4.70. The van der Waals surface area contributed by atoms with Gasteiger partial charge in [-0.05, 0) is 44.5 Å². The van der Waals surface area contributed by atoms with Crippen molar-refractivity contribution in [2.45, 2.75) is 26.9 Å². The number of nitrogens with zero attached hydrogens (tertiary/aromatic N) is 1. The van der Waals surface area contributed by atoms with Gasteiger partial charge in [0.15, 0.2) is 18.1 Å². The summed E-state index contributed by atoms with van der Waals surface area (Å²) in [6, 6.07) is 4.24. The van der Waals surface area contributed by atoms with Crippen LogP contribution >= 0.6 is 0 Å². The van der Waals surface area contributed by atoms with Crippen LogP contribution in [0.3, 0.4) is 0 Å². The maximum absolute atomic E-state index is 11.5. The Balaban J connectivity index is 2.77. The first-order valence-corrected chi connectivity index (χ1v) is 7.10. The summed E-state index contributed by atoms with van der Waals surface area (Å²) in [6.07, 6.45) is 1.21. The van der Waals surface area contributed by atoms with E-state index < -0.39 is 12.0 Å². The van der Waals surface area contributed by atoms with Crippen molar-refractivity contribution in [2.24, 2.45) is 10.8 Å². The first-order valence-electron chi connectivity index (χ1n) is 7.10. The van der Waals surface area contributed by atoms with Crippen molar-refractivity contribution < 1.29 is 23.8 Å². The number of nitrogens with one attached hydrogen (secondary N) is 1. The zero-order valence-corrected chi connectivity index (χ0v) is 13.4. The largest absolute Gasteiger partial charge is 0.490 e. The van der Waals surface area contributed by atoms with Crippen molar-refractivity contribution in [1.29, 1.82) is 0 Å². The number of hydrazone groups is 1. The number of hydrogen-bond donors (Lipinski definition) is 2. The number of urea groups is 1. The minimum Gasteiger partial charge on any atom is -0.490 e. The number of carbonyl (C=O) groups is 2. The Bertz CT molecular complexity index is 572. The van der Waals surface area contributed by atoms with Gasteiger partial charge in [0, 0.05) is 0 Å². The Labute approximate surface area is 134 Å². The zero-order valence-electron chi connectivity index (χ0n) is 13.4. The van der Waals surface area contributed by atoms with Gasteiger partial charge in [-0.15, -0.1) is 0 Å². The molecule has 0 aliphatic heterocycles. The normalized spacial score (nSPS) is 10.6. The predicted molar refractivity (Wildman–Crippen MR) is 84.6 cm³/mol. The number of rotatable bonds is 8. The molecule has 0 heterocycles. The molecule has 0 aliphatic rings. The Hall–Kier alpha value is -2.77. The van der Waals surface area contributed by atoms with Crippen molar-refractivity contribution in [3.63, 3.8) is 0 Å². The van der Waals surface area contributed by atoms with Gasteiger partial charge >= 0.3 is 12.0 Å². The molecule has 1 aromatic carbocycles. The molecule has 0 spiro atoms. The summed E-state index contributed by atoms with van der Waals surface area (Å²) >= 11 is 0. The molecular formula is C15H21N3O5. The van der Waals surface area contributed by atoms with Crippen LogP contribution in [0.1, 0.15) is 26.3 Å². The fourth-order valence-electron chi connectivity index (χ4n) is 1.60. The molecule has 0 unspecified atom stereocenters. The van der Waals surface area contributed by atoms with Crippen LogP contribution in [0.4, 0.5) is 4.79 Å². The van der Waals surface area contributed by atoms with Gasteiger partial charge in [0.1, 0.15) is 0 Å². The molecule has 126 valence electrons. The molecule has 0 atom stereocenters. The predicted octanol–water partition coefficient (Wildman–Crippen LogP) is 1.42. The summed E-state index contributed by atoms with van der Waals surface area (Å²) in [4.78, 5) is 22.1. The van der Waals surface area contributed by atoms with E-state index in [0.29, 0.717) is 23.7 Å². The van der Waals surface area contributed by atoms with Crippen molar-refractivity contribution in [3.05, 3.63) is 23.8 Å². The van der Waals surface area contributed by atoms with Gasteiger partial charge in [-0.25, -0.2) is 15.0 Å². The van der Waals surface area contributed by atoms with Gasteiger partial charge in [0.05, 0.1) is 18.9 Å². The molecule has 0 fully saturated rings. The minimum absolute atomic E-state index is 0.200. The minimum atomic E-state index is -0.755. The van der Waals surface area contributed by atoms with E-state index >= 15 is 0 Å². The number of carbonyl (C=O) groups excluding carboxylic acids is 2. The number of amides is 2. The van der Waals surface area contributed by atoms with Gasteiger partial charge in [-0.1, -0.05) is 0 Å². The Morgan fingerprint density at radius 1 is 1.30 bits per heavy atom. The molecule has 0 aromatic heterocycles. The van der Waals surface area contributed by atoms with E-state index in [2.05, 4.69) is 10.5 Å². The number of esters is 1. The van der Waals surface area contributed by atoms with Crippen LogP contribution in [-0.4, -0.2) is 37.5 Å². The third-order valence-electron chi connectivity index (χ3n) is 2.37. The van der Waals surface area contributed by atoms with Gasteiger partial charge in [-0.2, -0.15) is 5.10 Å². The lowest BCUT2D eigenvalue weighted by atomic mass is 10.2. The molecule has 8 nitrogen and oxygen atoms in total. The van der Waals surface area contributed by atoms with E-state index in [1.165, 1.54) is 6.21 Å². The van der Waals surface area contributed by atoms with Gasteiger partial charge in [0.2, 0.25) is 0 Å². The molecule has 0 aliphatic carbocycles. The lowest BCUT2D eigenvalue weighted by Gasteiger charge is -2.13. The molecule has 1 rings (SSSR count). The highest BCUT2D eigenvalue weighted by molar-refractivity contribution is 5.82. The van der Waals surface area contributed by atoms with Crippen LogP contribution < -0.4 is 20.6 Å². The molecule has 0 bridgehead atoms. The zero-order chi connectivity index (χ0) is 17.2. The number of primary amides is 1. The third-order valence-corrected chi connectivity index (χ3v) is 2.37. The first kappa shape index (κ1) is 18.3. The standard InChI is InChI=1S/C15H21N3O5/c1-4-21-13-7-11(8-17-18-15(16)20)5-6-12(13)22-9-14(19)23-10(2)3/h5-8,10H,4,9H2,1-3H3,(H3,16,18,20). The molecular weight excluding hydrogens is 302 g/mol. The SMILES string of the molecule is CCOc1cc(C=NNC(N)=O)ccc1OCC(=O)OC(C)C. The summed E-state index contributed by atoms with van der Waals surface area (Å²) in [5, 5.41) is 3.66. The van der Waals surface area contributed by atoms with Gasteiger partial charge in [-0.3, -0.25) is 0 Å². The van der Waals surface area contributed by atoms with Crippen LogP contribution in [0.25, 0.3) is 0 Å². The van der Waals surface area contributed by atoms with Gasteiger partial charge < -0.3 is 19.9 Å². The van der Waals surface area contributed by atoms with Gasteiger partial charge in [0.25, 0.3) is 0 Å². The molecule has 0 radical (unpaired) electrons. The van der Waals surface area contributed by atoms with Crippen LogP contribution in [0, 0.1) is 0 Å². The fraction of sp³-hybridized carbons (Fsp3) is 0.400. The van der Waals surface area contributed by atoms with Crippen molar-refractivity contribution >= 4 is 18.2 Å². The van der Waals surface area contributed by atoms with Crippen molar-refractivity contribution in [3.8, 4) is 11.5 Å². The summed E-state index contributed by atoms with van der Waals surface area (Å²) in [5.41, 5.74) is 7.67. The Morgan fingerprint density at radius 3 is 2.65 bits per heavy atom. The number of nitrogens with two attached hydrogens (primary N) is 1. The average molecular weight is 323 g/mol. The smallest absolute Gasteiger partial charge is 0.344 e. The molecule has 0 saturated heterocycles. The number of hydrogen-bond acceptors (Lipinski definition) is 6. The lowest BCUT2D eigenvalue weighted by Crippen LogP contribution is -2.24. The highest BCUT2D eigenvalue weighted by atomic mass is 16.6. The first-order chi connectivity index (χ1) is 10.9. The Morgan fingerprint density at radius 2 is 2.04 bits per heavy atom. The average Bonchev–Trinajstić information content (AvgIpc) is 2.45. The number of ether oxygens (including phenoxy) is 3. The molecule has 23 heavy (non-hydrogen) atoms. The fourth-order valence-corrected chi connectivity index (χ4v) is 1.60. The van der Waals surface area contributed by atoms with E-state index in [9.17, 15) is 9.59 Å². The molecule has 1 aromatic rings. The van der Waals surface area contributed by atoms with Crippen LogP contribution in [0.15, 0.2) is 23.3 Å². The van der Waals surface area contributed by atoms with E-state index in [0.717, 1.165) is 0 Å². The summed E-state index contributed by atoms with van der Waals surface area (Å²) in [6.45, 7) is 5.56. The molecule has 8 heteroatoms. The summed E-state index contributed by atoms with van der Waals surface area (Å²) in [5.74, 6) is 0.402. The van der Waals surface area contributed by atoms with E-state index in [1.807, 2.05) is 6.92 Å². The molecule has 0 saturated carbocycles. The molecule has 2 amide bonds. The number of benzene rings is 1. The van der Waals surface area contributed by atoms with Crippen LogP contribution in [0.5, 0.6) is 11.5 Å². The van der Waals surface area contributed by atoms with E-state index in [4.69, 9.17) is 19.9 Å². The third kappa shape index (κ3) is 7.16. The maximum Gasteiger partial charge on any atom is 0.344 e. The second-order valence-electron chi connectivity index (χ2n) is 4.70. The maximum atomic E-state index is 11.5. The van der Waals surface area contributed by atoms with Crippen molar-refractivity contribution in [2.75, 3.05) is 13.2 Å². The summed E-state index contributed by atoms with van der Waals surface area (Å²) in [7, 11) is 0. The monoisotopic (exact) mass is 323 g/mol. The summed E-state index contributed by atoms with van der Waals surface area (Å²) < 4.78 is 15.9. The highest BCUT2D eigenvalue weighted by Gasteiger charge is 2.10. The topological polar surface area (TPSA) is 112 Å². The lowest BCUT2D eigenvalue weighted by molar-refractivity contribution is -0.149. The van der Waals surface area contributed by atoms with Crippen molar-refractivity contribution in [1.82, 2.24) is 5.43 Å². The highest BCUT2D eigenvalue weighted by Crippen LogP contribution is 2.28.